The van der Waals surface area contributed by atoms with Gasteiger partial charge in [-0.3, -0.25) is 14.5 Å². The number of piperazine rings is 1. The summed E-state index contributed by atoms with van der Waals surface area (Å²) >= 11 is 0. The van der Waals surface area contributed by atoms with Gasteiger partial charge >= 0.3 is 0 Å². The number of piperidine rings is 1. The minimum absolute atomic E-state index is 0.0696. The molecule has 5 rings (SSSR count). The zero-order chi connectivity index (χ0) is 24.2. The summed E-state index contributed by atoms with van der Waals surface area (Å²) in [4.78, 5) is 37.9. The summed E-state index contributed by atoms with van der Waals surface area (Å²) in [6, 6.07) is 5.57. The van der Waals surface area contributed by atoms with Gasteiger partial charge in [-0.15, -0.1) is 0 Å². The van der Waals surface area contributed by atoms with E-state index in [1.54, 1.807) is 12.1 Å². The second-order valence-electron chi connectivity index (χ2n) is 9.12. The topological polar surface area (TPSA) is 119 Å². The second kappa shape index (κ2) is 10.5. The summed E-state index contributed by atoms with van der Waals surface area (Å²) < 4.78 is 16.5. The van der Waals surface area contributed by atoms with E-state index in [9.17, 15) is 14.9 Å². The molecule has 0 aliphatic carbocycles. The number of anilines is 1. The molecule has 35 heavy (non-hydrogen) atoms. The molecule has 3 aliphatic heterocycles. The molecule has 0 atom stereocenters. The van der Waals surface area contributed by atoms with Crippen LogP contribution in [0.2, 0.25) is 0 Å². The molecule has 2 aromatic heterocycles. The summed E-state index contributed by atoms with van der Waals surface area (Å²) in [6.45, 7) is 6.85. The highest BCUT2D eigenvalue weighted by Crippen LogP contribution is 2.31. The molecule has 2 aromatic rings. The molecule has 11 nitrogen and oxygen atoms in total. The number of carbonyl (C=O) groups is 2. The van der Waals surface area contributed by atoms with Crippen LogP contribution >= 0.6 is 0 Å². The third-order valence-electron chi connectivity index (χ3n) is 6.99. The number of oxazole rings is 1. The third-order valence-corrected chi connectivity index (χ3v) is 6.99. The predicted molar refractivity (Wildman–Crippen MR) is 124 cm³/mol. The van der Waals surface area contributed by atoms with Gasteiger partial charge in [0.2, 0.25) is 23.4 Å². The van der Waals surface area contributed by atoms with E-state index in [0.29, 0.717) is 83.5 Å². The number of furan rings is 1. The van der Waals surface area contributed by atoms with Crippen molar-refractivity contribution in [3.63, 3.8) is 0 Å². The van der Waals surface area contributed by atoms with Crippen LogP contribution in [-0.4, -0.2) is 104 Å². The molecule has 3 fully saturated rings. The Morgan fingerprint density at radius 1 is 1.03 bits per heavy atom. The van der Waals surface area contributed by atoms with Crippen molar-refractivity contribution < 1.29 is 23.2 Å². The maximum absolute atomic E-state index is 13.2. The second-order valence-corrected chi connectivity index (χ2v) is 9.12. The first-order valence-electron chi connectivity index (χ1n) is 12.2. The van der Waals surface area contributed by atoms with Crippen LogP contribution in [0, 0.1) is 17.2 Å². The summed E-state index contributed by atoms with van der Waals surface area (Å²) in [5, 5.41) is 9.50. The lowest BCUT2D eigenvalue weighted by atomic mass is 9.95. The van der Waals surface area contributed by atoms with Gasteiger partial charge in [0, 0.05) is 58.3 Å². The van der Waals surface area contributed by atoms with Crippen LogP contribution in [-0.2, 0) is 14.3 Å². The number of hydrogen-bond acceptors (Lipinski definition) is 9. The molecular weight excluding hydrogens is 452 g/mol. The van der Waals surface area contributed by atoms with Crippen molar-refractivity contribution in [2.75, 3.05) is 77.0 Å². The van der Waals surface area contributed by atoms with Gasteiger partial charge in [0.05, 0.1) is 26.0 Å². The van der Waals surface area contributed by atoms with Gasteiger partial charge in [-0.1, -0.05) is 0 Å². The number of hydrogen-bond donors (Lipinski definition) is 0. The lowest BCUT2D eigenvalue weighted by molar-refractivity contribution is -0.143. The Hall–Kier alpha value is -3.36. The Morgan fingerprint density at radius 2 is 1.74 bits per heavy atom. The normalized spacial score (nSPS) is 20.1. The number of ether oxygens (including phenoxy) is 1. The average Bonchev–Trinajstić information content (AvgIpc) is 3.59. The first-order chi connectivity index (χ1) is 17.1. The summed E-state index contributed by atoms with van der Waals surface area (Å²) in [6.07, 6.45) is 2.88. The monoisotopic (exact) mass is 482 g/mol. The number of aromatic nitrogens is 1. The number of morpholine rings is 1. The lowest BCUT2D eigenvalue weighted by Crippen LogP contribution is -2.55. The quantitative estimate of drug-likeness (QED) is 0.615. The number of amides is 2. The Labute approximate surface area is 203 Å². The molecule has 0 spiro atoms. The van der Waals surface area contributed by atoms with Crippen LogP contribution < -0.4 is 4.90 Å². The summed E-state index contributed by atoms with van der Waals surface area (Å²) in [5.41, 5.74) is 0.221. The van der Waals surface area contributed by atoms with Gasteiger partial charge in [0.15, 0.2) is 5.76 Å². The van der Waals surface area contributed by atoms with Gasteiger partial charge in [-0.05, 0) is 25.0 Å². The molecule has 11 heteroatoms. The molecule has 0 unspecified atom stereocenters. The predicted octanol–water partition coefficient (Wildman–Crippen LogP) is 1.03. The largest absolute Gasteiger partial charge is 0.459 e. The van der Waals surface area contributed by atoms with Crippen LogP contribution in [0.1, 0.15) is 18.5 Å². The van der Waals surface area contributed by atoms with Gasteiger partial charge in [0.25, 0.3) is 5.89 Å². The van der Waals surface area contributed by atoms with Gasteiger partial charge in [-0.2, -0.15) is 10.2 Å². The summed E-state index contributed by atoms with van der Waals surface area (Å²) in [5.74, 6) is 1.39. The first-order valence-corrected chi connectivity index (χ1v) is 12.2. The molecule has 5 heterocycles. The molecule has 186 valence electrons. The molecule has 3 aliphatic rings. The van der Waals surface area contributed by atoms with Crippen molar-refractivity contribution >= 4 is 17.7 Å². The maximum Gasteiger partial charge on any atom is 0.266 e. The van der Waals surface area contributed by atoms with E-state index in [4.69, 9.17) is 13.6 Å². The number of rotatable bonds is 5. The van der Waals surface area contributed by atoms with Gasteiger partial charge in [0.1, 0.15) is 6.07 Å². The zero-order valence-electron chi connectivity index (χ0n) is 19.7. The Balaban J connectivity index is 1.11. The fourth-order valence-electron chi connectivity index (χ4n) is 4.92. The zero-order valence-corrected chi connectivity index (χ0v) is 19.7. The first kappa shape index (κ1) is 23.4. The van der Waals surface area contributed by atoms with Crippen LogP contribution in [0.3, 0.4) is 0 Å². The van der Waals surface area contributed by atoms with E-state index in [1.807, 2.05) is 14.7 Å². The Kier molecular flexibility index (Phi) is 7.01. The van der Waals surface area contributed by atoms with Crippen molar-refractivity contribution in [3.8, 4) is 17.7 Å². The molecule has 0 aromatic carbocycles. The van der Waals surface area contributed by atoms with Crippen LogP contribution in [0.5, 0.6) is 0 Å². The molecule has 0 saturated carbocycles. The molecule has 2 amide bonds. The lowest BCUT2D eigenvalue weighted by Gasteiger charge is -2.39. The van der Waals surface area contributed by atoms with Crippen molar-refractivity contribution in [1.82, 2.24) is 19.7 Å². The van der Waals surface area contributed by atoms with Crippen molar-refractivity contribution in [2.45, 2.75) is 12.8 Å². The highest BCUT2D eigenvalue weighted by molar-refractivity contribution is 5.81. The van der Waals surface area contributed by atoms with E-state index < -0.39 is 0 Å². The van der Waals surface area contributed by atoms with E-state index in [0.717, 1.165) is 13.1 Å². The Bertz CT molecular complexity index is 1050. The molecule has 0 bridgehead atoms. The smallest absolute Gasteiger partial charge is 0.266 e. The minimum atomic E-state index is -0.0696. The SMILES string of the molecule is N#Cc1nc(-c2ccco2)oc1N1CCC(C(=O)N2CCN(C(=O)CN3CCOCC3)CC2)CC1. The van der Waals surface area contributed by atoms with Gasteiger partial charge < -0.3 is 28.3 Å². The fraction of sp³-hybridized carbons (Fsp3) is 0.583. The van der Waals surface area contributed by atoms with E-state index in [1.165, 1.54) is 6.26 Å². The average molecular weight is 483 g/mol. The van der Waals surface area contributed by atoms with E-state index >= 15 is 0 Å². The van der Waals surface area contributed by atoms with Crippen molar-refractivity contribution in [1.29, 1.82) is 5.26 Å². The number of nitriles is 1. The number of carbonyl (C=O) groups excluding carboxylic acids is 2. The van der Waals surface area contributed by atoms with Crippen molar-refractivity contribution in [2.24, 2.45) is 5.92 Å². The van der Waals surface area contributed by atoms with Gasteiger partial charge in [-0.25, -0.2) is 0 Å². The highest BCUT2D eigenvalue weighted by atomic mass is 16.5. The van der Waals surface area contributed by atoms with Crippen LogP contribution in [0.25, 0.3) is 11.7 Å². The molecule has 3 saturated heterocycles. The van der Waals surface area contributed by atoms with Crippen molar-refractivity contribution in [3.05, 3.63) is 24.1 Å². The van der Waals surface area contributed by atoms with E-state index in [2.05, 4.69) is 16.0 Å². The number of nitrogens with zero attached hydrogens (tertiary/aromatic N) is 6. The Morgan fingerprint density at radius 3 is 2.40 bits per heavy atom. The minimum Gasteiger partial charge on any atom is -0.459 e. The maximum atomic E-state index is 13.2. The third kappa shape index (κ3) is 5.18. The molecule has 0 radical (unpaired) electrons. The molecule has 0 N–H and O–H groups in total. The van der Waals surface area contributed by atoms with Crippen LogP contribution in [0.4, 0.5) is 5.88 Å². The summed E-state index contributed by atoms with van der Waals surface area (Å²) in [7, 11) is 0. The molecular formula is C24H30N6O5. The fourth-order valence-corrected chi connectivity index (χ4v) is 4.92. The standard InChI is InChI=1S/C24H30N6O5/c25-16-19-24(35-22(26-19)20-2-1-13-34-20)30-5-3-18(4-6-30)23(32)29-9-7-28(8-10-29)21(31)17-27-11-14-33-15-12-27/h1-2,13,18H,3-12,14-15,17H2. The highest BCUT2D eigenvalue weighted by Gasteiger charge is 2.33. The van der Waals surface area contributed by atoms with Crippen LogP contribution in [0.15, 0.2) is 27.2 Å². The van der Waals surface area contributed by atoms with E-state index in [-0.39, 0.29) is 29.3 Å².